The topological polar surface area (TPSA) is 171 Å². The van der Waals surface area contributed by atoms with Gasteiger partial charge in [-0.05, 0) is 122 Å². The Morgan fingerprint density at radius 3 is 1.47 bits per heavy atom. The maximum atomic E-state index is 11.2. The number of benzene rings is 2. The lowest BCUT2D eigenvalue weighted by molar-refractivity contribution is -0.0445. The number of methoxy groups -OCH3 is 2. The summed E-state index contributed by atoms with van der Waals surface area (Å²) in [5, 5.41) is 24.3. The number of hydrogen-bond acceptors (Lipinski definition) is 12. The highest BCUT2D eigenvalue weighted by Crippen LogP contribution is 2.43. The molecule has 0 spiro atoms. The molecule has 10 rings (SSSR count). The van der Waals surface area contributed by atoms with E-state index in [1.807, 2.05) is 48.5 Å². The fourth-order valence-electron chi connectivity index (χ4n) is 8.89. The molecule has 6 aliphatic rings. The Bertz CT molecular complexity index is 1890. The van der Waals surface area contributed by atoms with Crippen LogP contribution in [0.4, 0.5) is 0 Å². The predicted molar refractivity (Wildman–Crippen MR) is 201 cm³/mol. The Labute approximate surface area is 311 Å². The highest BCUT2D eigenvalue weighted by atomic mass is 32.3. The average Bonchev–Trinajstić information content (AvgIpc) is 3.19. The Kier molecular flexibility index (Phi) is 12.1. The van der Waals surface area contributed by atoms with Gasteiger partial charge in [0.2, 0.25) is 0 Å². The number of ether oxygens (including phenoxy) is 2. The fraction of sp³-hybridized carbons (Fsp3) is 0.450. The van der Waals surface area contributed by atoms with Gasteiger partial charge in [0.05, 0.1) is 37.5 Å². The molecule has 53 heavy (non-hydrogen) atoms. The Hall–Kier alpha value is -3.95. The first-order chi connectivity index (χ1) is 25.4. The molecule has 6 fully saturated rings. The molecule has 2 aromatic carbocycles. The van der Waals surface area contributed by atoms with Crippen LogP contribution >= 0.6 is 0 Å². The Balaban J connectivity index is 0.000000161. The standard InChI is InChI=1S/2C20H24N2O2.H2O4S/c2*1-3-13-12-22-9-7-14(13)10-19(22)20(23)16-6-8-21-18-5-4-15(24-2)11-17(16)18;1-5(2,3)4/h2*3-6,8,11,13-14,19-20,23H,1,7,9-10,12H2,2H3;(H2,1,2,3,4)/p-2/t2*13-,14+,19-,20+;/m00./s1. The smallest absolute Gasteiger partial charge is 0.119 e. The second-order valence-electron chi connectivity index (χ2n) is 14.4. The van der Waals surface area contributed by atoms with Gasteiger partial charge in [-0.25, -0.2) is 0 Å². The second-order valence-corrected chi connectivity index (χ2v) is 15.2. The normalized spacial score (nSPS) is 28.5. The molecule has 6 aliphatic heterocycles. The van der Waals surface area contributed by atoms with E-state index in [0.29, 0.717) is 23.7 Å². The van der Waals surface area contributed by atoms with E-state index < -0.39 is 22.6 Å². The molecule has 284 valence electrons. The highest BCUT2D eigenvalue weighted by molar-refractivity contribution is 7.79. The van der Waals surface area contributed by atoms with Crippen molar-refractivity contribution in [2.24, 2.45) is 23.7 Å². The molecular weight excluding hydrogens is 697 g/mol. The zero-order chi connectivity index (χ0) is 37.9. The molecule has 4 bridgehead atoms. The number of pyridine rings is 2. The molecule has 2 aromatic heterocycles. The minimum Gasteiger partial charge on any atom is -0.759 e. The summed E-state index contributed by atoms with van der Waals surface area (Å²) in [6, 6.07) is 15.9. The summed E-state index contributed by atoms with van der Waals surface area (Å²) in [6.45, 7) is 12.1. The molecule has 0 radical (unpaired) electrons. The van der Waals surface area contributed by atoms with Crippen molar-refractivity contribution in [2.75, 3.05) is 40.4 Å². The number of piperidine rings is 6. The van der Waals surface area contributed by atoms with Crippen LogP contribution in [-0.2, 0) is 10.4 Å². The maximum absolute atomic E-state index is 11.2. The largest absolute Gasteiger partial charge is 0.759 e. The predicted octanol–water partition coefficient (Wildman–Crippen LogP) is 5.01. The highest BCUT2D eigenvalue weighted by Gasteiger charge is 2.43. The van der Waals surface area contributed by atoms with E-state index in [4.69, 9.17) is 27.0 Å². The van der Waals surface area contributed by atoms with Gasteiger partial charge in [0.1, 0.15) is 11.5 Å². The van der Waals surface area contributed by atoms with Crippen molar-refractivity contribution >= 4 is 32.2 Å². The van der Waals surface area contributed by atoms with Gasteiger partial charge in [0.25, 0.3) is 0 Å². The third kappa shape index (κ3) is 8.73. The van der Waals surface area contributed by atoms with Crippen LogP contribution in [0.15, 0.2) is 86.2 Å². The van der Waals surface area contributed by atoms with Crippen LogP contribution in [-0.4, -0.2) is 100.0 Å². The third-order valence-electron chi connectivity index (χ3n) is 11.6. The van der Waals surface area contributed by atoms with Crippen molar-refractivity contribution in [3.05, 3.63) is 97.4 Å². The summed E-state index contributed by atoms with van der Waals surface area (Å²) in [4.78, 5) is 13.7. The maximum Gasteiger partial charge on any atom is 0.119 e. The van der Waals surface area contributed by atoms with Crippen LogP contribution in [0.3, 0.4) is 0 Å². The fourth-order valence-corrected chi connectivity index (χ4v) is 8.89. The van der Waals surface area contributed by atoms with E-state index in [1.165, 1.54) is 12.8 Å². The van der Waals surface area contributed by atoms with Crippen molar-refractivity contribution in [3.8, 4) is 11.5 Å². The van der Waals surface area contributed by atoms with Crippen molar-refractivity contribution in [2.45, 2.75) is 50.0 Å². The molecule has 4 aromatic rings. The number of fused-ring (bicyclic) bond motifs is 8. The molecule has 0 aliphatic carbocycles. The molecule has 0 saturated carbocycles. The first kappa shape index (κ1) is 38.8. The van der Waals surface area contributed by atoms with E-state index >= 15 is 0 Å². The van der Waals surface area contributed by atoms with Crippen molar-refractivity contribution < 1.29 is 37.2 Å². The van der Waals surface area contributed by atoms with Gasteiger partial charge >= 0.3 is 0 Å². The molecule has 8 heterocycles. The van der Waals surface area contributed by atoms with Crippen LogP contribution in [0.5, 0.6) is 11.5 Å². The van der Waals surface area contributed by atoms with Crippen molar-refractivity contribution in [3.63, 3.8) is 0 Å². The summed E-state index contributed by atoms with van der Waals surface area (Å²) in [6.07, 6.45) is 11.2. The number of hydrogen-bond donors (Lipinski definition) is 2. The molecule has 13 heteroatoms. The van der Waals surface area contributed by atoms with Crippen molar-refractivity contribution in [1.82, 2.24) is 19.8 Å². The number of nitrogens with zero attached hydrogens (tertiary/aromatic N) is 4. The Morgan fingerprint density at radius 1 is 0.755 bits per heavy atom. The van der Waals surface area contributed by atoms with Gasteiger partial charge in [0, 0.05) is 58.7 Å². The summed E-state index contributed by atoms with van der Waals surface area (Å²) < 4.78 is 44.8. The summed E-state index contributed by atoms with van der Waals surface area (Å²) >= 11 is 0. The quantitative estimate of drug-likeness (QED) is 0.141. The van der Waals surface area contributed by atoms with Gasteiger partial charge < -0.3 is 28.8 Å². The van der Waals surface area contributed by atoms with E-state index in [-0.39, 0.29) is 12.1 Å². The number of rotatable bonds is 8. The summed E-state index contributed by atoms with van der Waals surface area (Å²) in [5.41, 5.74) is 3.69. The number of aliphatic hydroxyl groups is 2. The SMILES string of the molecule is C=C[C@H]1CN2CC[C@@H]1C[C@H]2[C@H](O)c1ccnc2ccc(OC)cc12.C=C[C@H]1CN2CC[C@@H]1C[C@H]2[C@H](O)c1ccnc2ccc(OC)cc12.O=S(=O)([O-])[O-]. The number of aromatic nitrogens is 2. The molecular formula is C40H48N4O8S-2. The molecule has 2 N–H and O–H groups in total. The lowest BCUT2D eigenvalue weighted by Crippen LogP contribution is -2.54. The second kappa shape index (κ2) is 16.6. The zero-order valence-corrected chi connectivity index (χ0v) is 31.0. The lowest BCUT2D eigenvalue weighted by atomic mass is 9.73. The summed E-state index contributed by atoms with van der Waals surface area (Å²) in [5.74, 6) is 4.01. The lowest BCUT2D eigenvalue weighted by Gasteiger charge is -2.50. The van der Waals surface area contributed by atoms with E-state index in [1.54, 1.807) is 26.6 Å². The van der Waals surface area contributed by atoms with Gasteiger partial charge in [-0.3, -0.25) is 28.2 Å². The van der Waals surface area contributed by atoms with Gasteiger partial charge in [-0.1, -0.05) is 12.2 Å². The van der Waals surface area contributed by atoms with Crippen LogP contribution in [0.1, 0.15) is 49.0 Å². The van der Waals surface area contributed by atoms with Crippen LogP contribution in [0.25, 0.3) is 21.8 Å². The minimum absolute atomic E-state index is 0.178. The van der Waals surface area contributed by atoms with E-state index in [2.05, 4.69) is 45.1 Å². The van der Waals surface area contributed by atoms with E-state index in [0.717, 1.165) is 83.5 Å². The summed E-state index contributed by atoms with van der Waals surface area (Å²) in [7, 11) is -1.84. The average molecular weight is 745 g/mol. The monoisotopic (exact) mass is 744 g/mol. The van der Waals surface area contributed by atoms with E-state index in [9.17, 15) is 10.2 Å². The van der Waals surface area contributed by atoms with Crippen LogP contribution < -0.4 is 9.47 Å². The van der Waals surface area contributed by atoms with Crippen LogP contribution in [0, 0.1) is 23.7 Å². The molecule has 6 saturated heterocycles. The third-order valence-corrected chi connectivity index (χ3v) is 11.6. The van der Waals surface area contributed by atoms with Gasteiger partial charge in [0.15, 0.2) is 0 Å². The van der Waals surface area contributed by atoms with Gasteiger partial charge in [-0.15, -0.1) is 13.2 Å². The first-order valence-electron chi connectivity index (χ1n) is 18.0. The first-order valence-corrected chi connectivity index (χ1v) is 19.4. The zero-order valence-electron chi connectivity index (χ0n) is 30.2. The molecule has 0 amide bonds. The molecule has 2 unspecified atom stereocenters. The Morgan fingerprint density at radius 2 is 1.15 bits per heavy atom. The number of aliphatic hydroxyl groups excluding tert-OH is 2. The van der Waals surface area contributed by atoms with Gasteiger partial charge in [-0.2, -0.15) is 0 Å². The minimum atomic E-state index is -5.17. The molecule has 10 atom stereocenters. The van der Waals surface area contributed by atoms with Crippen molar-refractivity contribution in [1.29, 1.82) is 0 Å². The molecule has 12 nitrogen and oxygen atoms in total. The van der Waals surface area contributed by atoms with Crippen LogP contribution in [0.2, 0.25) is 0 Å².